The second kappa shape index (κ2) is 7.77. The molecule has 0 aromatic heterocycles. The fraction of sp³-hybridized carbons (Fsp3) is 0.895. The molecule has 3 atom stereocenters. The SMILES string of the molecule is CC(C)CCCNC(=O)C(C)(C)CC(C)(C)[C@@H]1SC[C@@H]2NC(=O)N[C@@H]21. The summed E-state index contributed by atoms with van der Waals surface area (Å²) in [6.45, 7) is 13.7. The van der Waals surface area contributed by atoms with Crippen LogP contribution in [-0.4, -0.2) is 41.6 Å². The molecular formula is C19H35N3O2S. The molecule has 0 radical (unpaired) electrons. The number of carbonyl (C=O) groups excluding carboxylic acids is 2. The Balaban J connectivity index is 1.91. The third kappa shape index (κ3) is 5.05. The number of thioether (sulfide) groups is 1. The fourth-order valence-electron chi connectivity index (χ4n) is 4.28. The van der Waals surface area contributed by atoms with Gasteiger partial charge in [-0.05, 0) is 30.6 Å². The van der Waals surface area contributed by atoms with Crippen LogP contribution in [0, 0.1) is 16.7 Å². The summed E-state index contributed by atoms with van der Waals surface area (Å²) in [6.07, 6.45) is 2.97. The zero-order valence-corrected chi connectivity index (χ0v) is 17.4. The highest BCUT2D eigenvalue weighted by atomic mass is 32.2. The second-order valence-corrected chi connectivity index (χ2v) is 10.5. The van der Waals surface area contributed by atoms with Crippen molar-refractivity contribution in [1.29, 1.82) is 0 Å². The molecule has 2 saturated heterocycles. The van der Waals surface area contributed by atoms with Gasteiger partial charge < -0.3 is 16.0 Å². The highest BCUT2D eigenvalue weighted by Crippen LogP contribution is 2.47. The van der Waals surface area contributed by atoms with E-state index in [1.807, 2.05) is 25.6 Å². The van der Waals surface area contributed by atoms with Crippen molar-refractivity contribution in [1.82, 2.24) is 16.0 Å². The lowest BCUT2D eigenvalue weighted by atomic mass is 9.71. The van der Waals surface area contributed by atoms with Gasteiger partial charge in [0.2, 0.25) is 5.91 Å². The van der Waals surface area contributed by atoms with Crippen molar-refractivity contribution in [2.45, 2.75) is 78.1 Å². The fourth-order valence-corrected chi connectivity index (χ4v) is 5.98. The lowest BCUT2D eigenvalue weighted by molar-refractivity contribution is -0.131. The van der Waals surface area contributed by atoms with Gasteiger partial charge in [0.1, 0.15) is 0 Å². The third-order valence-electron chi connectivity index (χ3n) is 5.36. The monoisotopic (exact) mass is 369 g/mol. The average Bonchev–Trinajstić information content (AvgIpc) is 3.00. The third-order valence-corrected chi connectivity index (χ3v) is 7.20. The van der Waals surface area contributed by atoms with E-state index in [1.165, 1.54) is 0 Å². The molecule has 2 rings (SSSR count). The summed E-state index contributed by atoms with van der Waals surface area (Å²) in [7, 11) is 0. The molecular weight excluding hydrogens is 334 g/mol. The predicted molar refractivity (Wildman–Crippen MR) is 105 cm³/mol. The van der Waals surface area contributed by atoms with Crippen molar-refractivity contribution in [2.24, 2.45) is 16.7 Å². The number of nitrogens with one attached hydrogen (secondary N) is 3. The molecule has 0 aromatic carbocycles. The summed E-state index contributed by atoms with van der Waals surface area (Å²) in [5.74, 6) is 1.75. The summed E-state index contributed by atoms with van der Waals surface area (Å²) in [4.78, 5) is 24.3. The Morgan fingerprint density at radius 1 is 1.28 bits per heavy atom. The Bertz CT molecular complexity index is 505. The number of carbonyl (C=O) groups is 2. The first-order valence-electron chi connectivity index (χ1n) is 9.50. The van der Waals surface area contributed by atoms with E-state index in [-0.39, 0.29) is 29.4 Å². The number of hydrogen-bond acceptors (Lipinski definition) is 3. The molecule has 2 aliphatic rings. The van der Waals surface area contributed by atoms with Gasteiger partial charge in [0.15, 0.2) is 0 Å². The largest absolute Gasteiger partial charge is 0.356 e. The summed E-state index contributed by atoms with van der Waals surface area (Å²) in [5, 5.41) is 9.51. The van der Waals surface area contributed by atoms with Gasteiger partial charge in [0.05, 0.1) is 12.1 Å². The first kappa shape index (κ1) is 20.4. The standard InChI is InChI=1S/C19H35N3O2S/c1-12(2)8-7-9-20-16(23)19(5,6)11-18(3,4)15-14-13(10-25-15)21-17(24)22-14/h12-15H,7-11H2,1-6H3,(H,20,23)(H2,21,22,24)/t13-,14-,15+/m0/s1. The van der Waals surface area contributed by atoms with Crippen LogP contribution in [0.4, 0.5) is 4.79 Å². The van der Waals surface area contributed by atoms with Gasteiger partial charge in [0, 0.05) is 23.0 Å². The summed E-state index contributed by atoms with van der Waals surface area (Å²) >= 11 is 1.91. The molecule has 5 nitrogen and oxygen atoms in total. The predicted octanol–water partition coefficient (Wildman–Crippen LogP) is 3.15. The Morgan fingerprint density at radius 3 is 2.60 bits per heavy atom. The van der Waals surface area contributed by atoms with Gasteiger partial charge in [-0.3, -0.25) is 4.79 Å². The van der Waals surface area contributed by atoms with E-state index in [9.17, 15) is 9.59 Å². The summed E-state index contributed by atoms with van der Waals surface area (Å²) < 4.78 is 0. The normalized spacial score (nSPS) is 26.4. The molecule has 3 N–H and O–H groups in total. The van der Waals surface area contributed by atoms with Crippen LogP contribution in [0.3, 0.4) is 0 Å². The van der Waals surface area contributed by atoms with Gasteiger partial charge in [-0.1, -0.05) is 41.5 Å². The molecule has 0 unspecified atom stereocenters. The van der Waals surface area contributed by atoms with Gasteiger partial charge in [-0.25, -0.2) is 4.79 Å². The highest BCUT2D eigenvalue weighted by Gasteiger charge is 2.51. The molecule has 0 aromatic rings. The molecule has 144 valence electrons. The molecule has 25 heavy (non-hydrogen) atoms. The first-order chi connectivity index (χ1) is 11.5. The minimum absolute atomic E-state index is 0.0395. The Hall–Kier alpha value is -0.910. The molecule has 2 fully saturated rings. The van der Waals surface area contributed by atoms with Crippen LogP contribution in [0.1, 0.15) is 60.8 Å². The average molecular weight is 370 g/mol. The molecule has 0 aliphatic carbocycles. The summed E-state index contributed by atoms with van der Waals surface area (Å²) in [6, 6.07) is 0.324. The maximum absolute atomic E-state index is 12.7. The highest BCUT2D eigenvalue weighted by molar-refractivity contribution is 8.00. The van der Waals surface area contributed by atoms with Crippen molar-refractivity contribution >= 4 is 23.7 Å². The van der Waals surface area contributed by atoms with Crippen molar-refractivity contribution in [3.63, 3.8) is 0 Å². The number of fused-ring (bicyclic) bond motifs is 1. The van der Waals surface area contributed by atoms with Gasteiger partial charge in [0.25, 0.3) is 0 Å². The number of amides is 3. The molecule has 3 amide bonds. The van der Waals surface area contributed by atoms with Crippen molar-refractivity contribution < 1.29 is 9.59 Å². The van der Waals surface area contributed by atoms with Gasteiger partial charge in [-0.15, -0.1) is 0 Å². The molecule has 0 spiro atoms. The maximum Gasteiger partial charge on any atom is 0.315 e. The molecule has 0 bridgehead atoms. The van der Waals surface area contributed by atoms with Crippen molar-refractivity contribution in [2.75, 3.05) is 12.3 Å². The number of rotatable bonds is 8. The van der Waals surface area contributed by atoms with E-state index in [0.29, 0.717) is 11.2 Å². The van der Waals surface area contributed by atoms with Crippen LogP contribution in [0.2, 0.25) is 0 Å². The van der Waals surface area contributed by atoms with Crippen LogP contribution in [0.15, 0.2) is 0 Å². The number of urea groups is 1. The van der Waals surface area contributed by atoms with Crippen molar-refractivity contribution in [3.8, 4) is 0 Å². The maximum atomic E-state index is 12.7. The summed E-state index contributed by atoms with van der Waals surface area (Å²) in [5.41, 5.74) is -0.460. The van der Waals surface area contributed by atoms with Crippen molar-refractivity contribution in [3.05, 3.63) is 0 Å². The Labute approximate surface area is 156 Å². The van der Waals surface area contributed by atoms with E-state index < -0.39 is 5.41 Å². The lowest BCUT2D eigenvalue weighted by Crippen LogP contribution is -2.48. The minimum atomic E-state index is -0.421. The minimum Gasteiger partial charge on any atom is -0.356 e. The Morgan fingerprint density at radius 2 is 1.96 bits per heavy atom. The topological polar surface area (TPSA) is 70.2 Å². The molecule has 0 saturated carbocycles. The van der Waals surface area contributed by atoms with E-state index in [2.05, 4.69) is 43.6 Å². The van der Waals surface area contributed by atoms with E-state index >= 15 is 0 Å². The van der Waals surface area contributed by atoms with Crippen LogP contribution in [-0.2, 0) is 4.79 Å². The van der Waals surface area contributed by atoms with Crippen LogP contribution in [0.5, 0.6) is 0 Å². The smallest absolute Gasteiger partial charge is 0.315 e. The lowest BCUT2D eigenvalue weighted by Gasteiger charge is -2.39. The van der Waals surface area contributed by atoms with Crippen LogP contribution < -0.4 is 16.0 Å². The zero-order valence-electron chi connectivity index (χ0n) is 16.6. The zero-order chi connectivity index (χ0) is 18.8. The van der Waals surface area contributed by atoms with Gasteiger partial charge in [-0.2, -0.15) is 11.8 Å². The quantitative estimate of drug-likeness (QED) is 0.455. The van der Waals surface area contributed by atoms with Crippen LogP contribution >= 0.6 is 11.8 Å². The van der Waals surface area contributed by atoms with E-state index in [4.69, 9.17) is 0 Å². The van der Waals surface area contributed by atoms with E-state index in [0.717, 1.165) is 31.6 Å². The molecule has 2 heterocycles. The van der Waals surface area contributed by atoms with Gasteiger partial charge >= 0.3 is 6.03 Å². The molecule has 6 heteroatoms. The first-order valence-corrected chi connectivity index (χ1v) is 10.5. The number of hydrogen-bond donors (Lipinski definition) is 3. The second-order valence-electron chi connectivity index (χ2n) is 9.35. The molecule has 2 aliphatic heterocycles. The van der Waals surface area contributed by atoms with Crippen LogP contribution in [0.25, 0.3) is 0 Å². The van der Waals surface area contributed by atoms with E-state index in [1.54, 1.807) is 0 Å². The Kier molecular flexibility index (Phi) is 6.34.